The van der Waals surface area contributed by atoms with Gasteiger partial charge >= 0.3 is 0 Å². The molecule has 1 aromatic heterocycles. The quantitative estimate of drug-likeness (QED) is 0.735. The zero-order chi connectivity index (χ0) is 19.3. The summed E-state index contributed by atoms with van der Waals surface area (Å²) in [5.41, 5.74) is 3.36. The van der Waals surface area contributed by atoms with Gasteiger partial charge in [0.15, 0.2) is 5.82 Å². The van der Waals surface area contributed by atoms with Crippen molar-refractivity contribution in [1.29, 1.82) is 0 Å². The molecule has 0 aliphatic carbocycles. The van der Waals surface area contributed by atoms with Crippen molar-refractivity contribution in [3.63, 3.8) is 0 Å². The Morgan fingerprint density at radius 3 is 2.21 bits per heavy atom. The average molecular weight is 375 g/mol. The molecular weight excluding hydrogens is 350 g/mol. The van der Waals surface area contributed by atoms with Crippen molar-refractivity contribution in [2.24, 2.45) is 0 Å². The molecule has 1 fully saturated rings. The number of rotatable bonds is 5. The lowest BCUT2D eigenvalue weighted by atomic mass is 10.2. The highest BCUT2D eigenvalue weighted by atomic mass is 15.3. The predicted molar refractivity (Wildman–Crippen MR) is 115 cm³/mol. The Morgan fingerprint density at radius 2 is 1.54 bits per heavy atom. The summed E-state index contributed by atoms with van der Waals surface area (Å²) in [6.07, 6.45) is 1.73. The molecule has 0 unspecified atom stereocenters. The highest BCUT2D eigenvalue weighted by Crippen LogP contribution is 2.21. The molecule has 28 heavy (non-hydrogen) atoms. The summed E-state index contributed by atoms with van der Waals surface area (Å²) in [7, 11) is 4.05. The van der Waals surface area contributed by atoms with E-state index in [0.717, 1.165) is 43.4 Å². The Bertz CT molecular complexity index is 888. The van der Waals surface area contributed by atoms with Crippen LogP contribution in [-0.4, -0.2) is 55.5 Å². The third-order valence-corrected chi connectivity index (χ3v) is 4.91. The van der Waals surface area contributed by atoms with Gasteiger partial charge in [0, 0.05) is 57.3 Å². The molecule has 7 nitrogen and oxygen atoms in total. The molecule has 2 aromatic carbocycles. The fourth-order valence-electron chi connectivity index (χ4n) is 3.30. The van der Waals surface area contributed by atoms with E-state index in [1.807, 2.05) is 26.2 Å². The number of anilines is 5. The molecule has 0 amide bonds. The van der Waals surface area contributed by atoms with Gasteiger partial charge in [-0.25, -0.2) is 0 Å². The Kier molecular flexibility index (Phi) is 5.23. The van der Waals surface area contributed by atoms with Crippen molar-refractivity contribution in [2.45, 2.75) is 0 Å². The van der Waals surface area contributed by atoms with E-state index in [1.54, 1.807) is 6.20 Å². The number of aromatic nitrogens is 3. The normalized spacial score (nSPS) is 14.1. The Labute approximate surface area is 165 Å². The first kappa shape index (κ1) is 18.0. The lowest BCUT2D eigenvalue weighted by Gasteiger charge is -2.36. The first-order chi connectivity index (χ1) is 13.7. The summed E-state index contributed by atoms with van der Waals surface area (Å²) in [5, 5.41) is 11.5. The number of nitrogens with one attached hydrogen (secondary N) is 1. The predicted octanol–water partition coefficient (Wildman–Crippen LogP) is 3.01. The van der Waals surface area contributed by atoms with Crippen LogP contribution in [0.15, 0.2) is 60.8 Å². The maximum atomic E-state index is 4.66. The highest BCUT2D eigenvalue weighted by Gasteiger charge is 2.19. The first-order valence-corrected chi connectivity index (χ1v) is 9.48. The molecule has 2 heterocycles. The van der Waals surface area contributed by atoms with Gasteiger partial charge in [-0.3, -0.25) is 0 Å². The third kappa shape index (κ3) is 4.14. The van der Waals surface area contributed by atoms with Crippen LogP contribution in [-0.2, 0) is 0 Å². The molecule has 1 aliphatic heterocycles. The van der Waals surface area contributed by atoms with Gasteiger partial charge in [0.2, 0.25) is 5.95 Å². The minimum atomic E-state index is 0.514. The number of hydrogen-bond acceptors (Lipinski definition) is 7. The van der Waals surface area contributed by atoms with Gasteiger partial charge in [-0.15, -0.1) is 5.10 Å². The number of hydrogen-bond donors (Lipinski definition) is 1. The van der Waals surface area contributed by atoms with Gasteiger partial charge < -0.3 is 20.0 Å². The molecule has 7 heteroatoms. The second-order valence-electron chi connectivity index (χ2n) is 7.01. The summed E-state index contributed by atoms with van der Waals surface area (Å²) >= 11 is 0. The van der Waals surface area contributed by atoms with Crippen molar-refractivity contribution in [1.82, 2.24) is 15.2 Å². The van der Waals surface area contributed by atoms with Gasteiger partial charge in [0.05, 0.1) is 6.20 Å². The average Bonchev–Trinajstić information content (AvgIpc) is 2.75. The topological polar surface area (TPSA) is 60.4 Å². The maximum Gasteiger partial charge on any atom is 0.249 e. The molecule has 144 valence electrons. The van der Waals surface area contributed by atoms with Gasteiger partial charge in [-0.2, -0.15) is 10.1 Å². The smallest absolute Gasteiger partial charge is 0.249 e. The van der Waals surface area contributed by atoms with E-state index in [1.165, 1.54) is 5.69 Å². The van der Waals surface area contributed by atoms with Crippen molar-refractivity contribution in [2.75, 3.05) is 60.3 Å². The summed E-state index contributed by atoms with van der Waals surface area (Å²) in [4.78, 5) is 11.4. The number of piperazine rings is 1. The zero-order valence-corrected chi connectivity index (χ0v) is 16.3. The second-order valence-corrected chi connectivity index (χ2v) is 7.01. The van der Waals surface area contributed by atoms with Crippen molar-refractivity contribution in [3.05, 3.63) is 60.8 Å². The van der Waals surface area contributed by atoms with Crippen LogP contribution in [0.3, 0.4) is 0 Å². The summed E-state index contributed by atoms with van der Waals surface area (Å²) < 4.78 is 0. The van der Waals surface area contributed by atoms with Crippen LogP contribution < -0.4 is 20.0 Å². The summed E-state index contributed by atoms with van der Waals surface area (Å²) in [5.74, 6) is 1.37. The molecule has 1 aliphatic rings. The summed E-state index contributed by atoms with van der Waals surface area (Å²) in [6, 6.07) is 18.7. The van der Waals surface area contributed by atoms with Crippen molar-refractivity contribution < 1.29 is 0 Å². The fourth-order valence-corrected chi connectivity index (χ4v) is 3.30. The van der Waals surface area contributed by atoms with Crippen LogP contribution in [0.5, 0.6) is 0 Å². The van der Waals surface area contributed by atoms with E-state index < -0.39 is 0 Å². The van der Waals surface area contributed by atoms with E-state index in [4.69, 9.17) is 0 Å². The van der Waals surface area contributed by atoms with E-state index >= 15 is 0 Å². The maximum absolute atomic E-state index is 4.66. The van der Waals surface area contributed by atoms with Gasteiger partial charge in [0.25, 0.3) is 0 Å². The lowest BCUT2D eigenvalue weighted by Crippen LogP contribution is -2.46. The summed E-state index contributed by atoms with van der Waals surface area (Å²) in [6.45, 7) is 3.74. The Morgan fingerprint density at radius 1 is 0.857 bits per heavy atom. The first-order valence-electron chi connectivity index (χ1n) is 9.48. The minimum Gasteiger partial charge on any atom is -0.378 e. The Hall–Kier alpha value is -3.35. The molecule has 4 rings (SSSR count). The second kappa shape index (κ2) is 8.12. The molecule has 1 N–H and O–H groups in total. The van der Waals surface area contributed by atoms with Crippen molar-refractivity contribution in [3.8, 4) is 0 Å². The van der Waals surface area contributed by atoms with E-state index in [0.29, 0.717) is 5.95 Å². The number of para-hydroxylation sites is 1. The van der Waals surface area contributed by atoms with Crippen LogP contribution in [0.2, 0.25) is 0 Å². The van der Waals surface area contributed by atoms with E-state index in [-0.39, 0.29) is 0 Å². The standard InChI is InChI=1S/C21H25N7/c1-26(2)18-10-8-17(9-11-18)23-21-24-20(16-22-25-21)28-14-12-27(13-15-28)19-6-4-3-5-7-19/h3-11,16H,12-15H2,1-2H3,(H,23,24,25). The zero-order valence-electron chi connectivity index (χ0n) is 16.3. The van der Waals surface area contributed by atoms with Gasteiger partial charge in [0.1, 0.15) is 0 Å². The van der Waals surface area contributed by atoms with E-state index in [2.05, 4.69) is 77.7 Å². The third-order valence-electron chi connectivity index (χ3n) is 4.91. The van der Waals surface area contributed by atoms with Crippen LogP contribution >= 0.6 is 0 Å². The van der Waals surface area contributed by atoms with Gasteiger partial charge in [-0.1, -0.05) is 18.2 Å². The monoisotopic (exact) mass is 375 g/mol. The molecule has 3 aromatic rings. The van der Waals surface area contributed by atoms with E-state index in [9.17, 15) is 0 Å². The molecule has 0 spiro atoms. The van der Waals surface area contributed by atoms with Crippen LogP contribution in [0.1, 0.15) is 0 Å². The molecule has 0 radical (unpaired) electrons. The van der Waals surface area contributed by atoms with Crippen LogP contribution in [0, 0.1) is 0 Å². The van der Waals surface area contributed by atoms with Crippen molar-refractivity contribution >= 4 is 28.8 Å². The van der Waals surface area contributed by atoms with Crippen LogP contribution in [0.25, 0.3) is 0 Å². The fraction of sp³-hybridized carbons (Fsp3) is 0.286. The number of nitrogens with zero attached hydrogens (tertiary/aromatic N) is 6. The minimum absolute atomic E-state index is 0.514. The lowest BCUT2D eigenvalue weighted by molar-refractivity contribution is 0.645. The molecule has 1 saturated heterocycles. The molecular formula is C21H25N7. The molecule has 0 saturated carbocycles. The largest absolute Gasteiger partial charge is 0.378 e. The Balaban J connectivity index is 1.40. The SMILES string of the molecule is CN(C)c1ccc(Nc2nncc(N3CCN(c4ccccc4)CC3)n2)cc1. The van der Waals surface area contributed by atoms with Gasteiger partial charge in [-0.05, 0) is 36.4 Å². The number of benzene rings is 2. The highest BCUT2D eigenvalue weighted by molar-refractivity contribution is 5.59. The van der Waals surface area contributed by atoms with Crippen LogP contribution in [0.4, 0.5) is 28.8 Å². The molecule has 0 atom stereocenters. The molecule has 0 bridgehead atoms.